The zero-order valence-corrected chi connectivity index (χ0v) is 19.3. The van der Waals surface area contributed by atoms with E-state index in [0.29, 0.717) is 21.6 Å². The molecule has 0 aromatic heterocycles. The number of nitro benzene ring substituents is 1. The number of nitrogens with one attached hydrogen (secondary N) is 1. The van der Waals surface area contributed by atoms with Crippen molar-refractivity contribution in [3.05, 3.63) is 98.4 Å². The molecule has 172 valence electrons. The summed E-state index contributed by atoms with van der Waals surface area (Å²) in [5.41, 5.74) is 3.42. The fourth-order valence-electron chi connectivity index (χ4n) is 3.20. The van der Waals surface area contributed by atoms with Crippen molar-refractivity contribution in [1.29, 1.82) is 0 Å². The first-order chi connectivity index (χ1) is 16.4. The third-order valence-corrected chi connectivity index (χ3v) is 5.93. The molecule has 1 N–H and O–H groups in total. The molecule has 34 heavy (non-hydrogen) atoms. The lowest BCUT2D eigenvalue weighted by atomic mass is 10.2. The number of carbonyl (C=O) groups excluding carboxylic acids is 1. The Balaban J connectivity index is 1.47. The van der Waals surface area contributed by atoms with Gasteiger partial charge in [-0.1, -0.05) is 24.3 Å². The summed E-state index contributed by atoms with van der Waals surface area (Å²) < 4.78 is 11.3. The fraction of sp³-hybridized carbons (Fsp3) is 0.120. The highest BCUT2D eigenvalue weighted by Crippen LogP contribution is 2.33. The van der Waals surface area contributed by atoms with Crippen molar-refractivity contribution in [2.45, 2.75) is 13.5 Å². The van der Waals surface area contributed by atoms with E-state index < -0.39 is 4.92 Å². The van der Waals surface area contributed by atoms with Gasteiger partial charge in [-0.3, -0.25) is 14.9 Å². The van der Waals surface area contributed by atoms with Crippen LogP contribution in [0.25, 0.3) is 6.08 Å². The van der Waals surface area contributed by atoms with E-state index in [-0.39, 0.29) is 18.2 Å². The van der Waals surface area contributed by atoms with Crippen LogP contribution in [0.5, 0.6) is 11.5 Å². The van der Waals surface area contributed by atoms with E-state index in [1.807, 2.05) is 37.3 Å². The number of thioether (sulfide) groups is 1. The van der Waals surface area contributed by atoms with Crippen molar-refractivity contribution < 1.29 is 19.2 Å². The highest BCUT2D eigenvalue weighted by atomic mass is 32.2. The first kappa shape index (κ1) is 23.1. The molecule has 1 amide bonds. The number of hydrogen-bond acceptors (Lipinski definition) is 7. The van der Waals surface area contributed by atoms with Gasteiger partial charge in [0.25, 0.3) is 11.6 Å². The van der Waals surface area contributed by atoms with E-state index in [0.717, 1.165) is 22.4 Å². The molecule has 1 heterocycles. The summed E-state index contributed by atoms with van der Waals surface area (Å²) in [7, 11) is 1.54. The Kier molecular flexibility index (Phi) is 6.93. The number of non-ortho nitro benzene ring substituents is 1. The summed E-state index contributed by atoms with van der Waals surface area (Å²) in [5.74, 6) is 0.816. The minimum atomic E-state index is -0.443. The van der Waals surface area contributed by atoms with E-state index in [1.165, 1.54) is 31.0 Å². The maximum Gasteiger partial charge on any atom is 0.269 e. The normalized spacial score (nSPS) is 15.4. The quantitative estimate of drug-likeness (QED) is 0.279. The second-order valence-corrected chi connectivity index (χ2v) is 8.42. The second-order valence-electron chi connectivity index (χ2n) is 7.39. The molecule has 1 aliphatic heterocycles. The summed E-state index contributed by atoms with van der Waals surface area (Å²) in [6.07, 6.45) is 1.77. The van der Waals surface area contributed by atoms with Crippen LogP contribution in [0.4, 0.5) is 11.4 Å². The number of benzene rings is 3. The predicted octanol–water partition coefficient (Wildman–Crippen LogP) is 5.38. The predicted molar refractivity (Wildman–Crippen MR) is 132 cm³/mol. The summed E-state index contributed by atoms with van der Waals surface area (Å²) in [5, 5.41) is 14.1. The number of amides is 1. The van der Waals surface area contributed by atoms with Crippen LogP contribution in [0, 0.1) is 17.0 Å². The lowest BCUT2D eigenvalue weighted by Gasteiger charge is -2.11. The van der Waals surface area contributed by atoms with Crippen LogP contribution >= 0.6 is 11.8 Å². The zero-order valence-electron chi connectivity index (χ0n) is 18.5. The van der Waals surface area contributed by atoms with Gasteiger partial charge in [-0.05, 0) is 71.8 Å². The van der Waals surface area contributed by atoms with Gasteiger partial charge in [0, 0.05) is 12.1 Å². The smallest absolute Gasteiger partial charge is 0.269 e. The molecular weight excluding hydrogens is 454 g/mol. The Morgan fingerprint density at radius 2 is 1.85 bits per heavy atom. The summed E-state index contributed by atoms with van der Waals surface area (Å²) >= 11 is 1.28. The number of nitro groups is 1. The van der Waals surface area contributed by atoms with Crippen molar-refractivity contribution in [2.24, 2.45) is 4.99 Å². The van der Waals surface area contributed by atoms with Crippen LogP contribution < -0.4 is 14.8 Å². The van der Waals surface area contributed by atoms with E-state index in [9.17, 15) is 14.9 Å². The van der Waals surface area contributed by atoms with Gasteiger partial charge in [0.2, 0.25) is 0 Å². The molecule has 0 atom stereocenters. The minimum absolute atomic E-state index is 0.0274. The molecule has 1 fully saturated rings. The molecule has 1 saturated heterocycles. The summed E-state index contributed by atoms with van der Waals surface area (Å²) in [6, 6.07) is 19.2. The number of para-hydroxylation sites is 1. The number of amidine groups is 1. The molecule has 0 saturated carbocycles. The standard InChI is InChI=1S/C25H21N3O5S/c1-16-5-3-4-6-20(16)26-25-27-24(29)23(34-25)14-18-9-12-21(22(13-18)32-2)33-15-17-7-10-19(11-8-17)28(30)31/h3-14H,15H2,1-2H3,(H,26,27,29)/b23-14+. The summed E-state index contributed by atoms with van der Waals surface area (Å²) in [4.78, 5) is 27.8. The number of carbonyl (C=O) groups is 1. The van der Waals surface area contributed by atoms with Crippen LogP contribution in [0.3, 0.4) is 0 Å². The average molecular weight is 476 g/mol. The Morgan fingerprint density at radius 1 is 1.09 bits per heavy atom. The van der Waals surface area contributed by atoms with Gasteiger partial charge < -0.3 is 14.8 Å². The molecule has 0 radical (unpaired) electrons. The zero-order chi connectivity index (χ0) is 24.1. The van der Waals surface area contributed by atoms with Crippen molar-refractivity contribution in [3.8, 4) is 11.5 Å². The van der Waals surface area contributed by atoms with E-state index >= 15 is 0 Å². The van der Waals surface area contributed by atoms with Gasteiger partial charge >= 0.3 is 0 Å². The topological polar surface area (TPSA) is 103 Å². The van der Waals surface area contributed by atoms with E-state index in [1.54, 1.807) is 30.3 Å². The largest absolute Gasteiger partial charge is 0.493 e. The Morgan fingerprint density at radius 3 is 2.56 bits per heavy atom. The van der Waals surface area contributed by atoms with Crippen molar-refractivity contribution in [2.75, 3.05) is 7.11 Å². The highest BCUT2D eigenvalue weighted by Gasteiger charge is 2.24. The second kappa shape index (κ2) is 10.2. The number of ether oxygens (including phenoxy) is 2. The Hall–Kier alpha value is -4.11. The molecule has 0 bridgehead atoms. The van der Waals surface area contributed by atoms with Crippen LogP contribution in [0.2, 0.25) is 0 Å². The first-order valence-electron chi connectivity index (χ1n) is 10.3. The van der Waals surface area contributed by atoms with Crippen LogP contribution in [0.1, 0.15) is 16.7 Å². The number of hydrogen-bond donors (Lipinski definition) is 1. The fourth-order valence-corrected chi connectivity index (χ4v) is 4.03. The molecular formula is C25H21N3O5S. The van der Waals surface area contributed by atoms with Crippen molar-refractivity contribution >= 4 is 40.3 Å². The lowest BCUT2D eigenvalue weighted by molar-refractivity contribution is -0.384. The van der Waals surface area contributed by atoms with Gasteiger partial charge in [0.05, 0.1) is 22.6 Å². The van der Waals surface area contributed by atoms with Gasteiger partial charge in [-0.15, -0.1) is 0 Å². The molecule has 3 aromatic rings. The maximum absolute atomic E-state index is 12.4. The minimum Gasteiger partial charge on any atom is -0.493 e. The molecule has 0 spiro atoms. The van der Waals surface area contributed by atoms with Gasteiger partial charge in [0.1, 0.15) is 6.61 Å². The van der Waals surface area contributed by atoms with Gasteiger partial charge in [-0.25, -0.2) is 4.99 Å². The van der Waals surface area contributed by atoms with Gasteiger partial charge in [0.15, 0.2) is 16.7 Å². The van der Waals surface area contributed by atoms with Gasteiger partial charge in [-0.2, -0.15) is 0 Å². The number of rotatable bonds is 7. The Bertz CT molecular complexity index is 1300. The number of nitrogens with zero attached hydrogens (tertiary/aromatic N) is 2. The number of methoxy groups -OCH3 is 1. The first-order valence-corrected chi connectivity index (χ1v) is 11.1. The molecule has 0 unspecified atom stereocenters. The lowest BCUT2D eigenvalue weighted by Crippen LogP contribution is -2.19. The van der Waals surface area contributed by atoms with Crippen LogP contribution in [-0.4, -0.2) is 23.1 Å². The van der Waals surface area contributed by atoms with Crippen LogP contribution in [0.15, 0.2) is 76.6 Å². The maximum atomic E-state index is 12.4. The molecule has 9 heteroatoms. The third kappa shape index (κ3) is 5.44. The van der Waals surface area contributed by atoms with Crippen LogP contribution in [-0.2, 0) is 11.4 Å². The number of aryl methyl sites for hydroxylation is 1. The Labute approximate surface area is 200 Å². The molecule has 8 nitrogen and oxygen atoms in total. The highest BCUT2D eigenvalue weighted by molar-refractivity contribution is 8.18. The van der Waals surface area contributed by atoms with E-state index in [2.05, 4.69) is 10.3 Å². The third-order valence-electron chi connectivity index (χ3n) is 5.02. The molecule has 0 aliphatic carbocycles. The SMILES string of the molecule is COc1cc(/C=C2/SC(=Nc3ccccc3C)NC2=O)ccc1OCc1ccc([N+](=O)[O-])cc1. The molecule has 1 aliphatic rings. The number of aliphatic imine (C=N–C) groups is 1. The van der Waals surface area contributed by atoms with E-state index in [4.69, 9.17) is 9.47 Å². The van der Waals surface area contributed by atoms with Crippen molar-refractivity contribution in [1.82, 2.24) is 5.32 Å². The molecule has 4 rings (SSSR count). The monoisotopic (exact) mass is 475 g/mol. The summed E-state index contributed by atoms with van der Waals surface area (Å²) in [6.45, 7) is 2.20. The average Bonchev–Trinajstić information content (AvgIpc) is 3.18. The molecule has 3 aromatic carbocycles. The van der Waals surface area contributed by atoms with Crippen molar-refractivity contribution in [3.63, 3.8) is 0 Å².